The molecule has 0 amide bonds. The summed E-state index contributed by atoms with van der Waals surface area (Å²) in [5.74, 6) is 0. The molecule has 1 radical (unpaired) electrons. The van der Waals surface area contributed by atoms with Crippen molar-refractivity contribution in [2.24, 2.45) is 0 Å². The van der Waals surface area contributed by atoms with Crippen molar-refractivity contribution in [2.75, 3.05) is 0 Å². The average molecular weight is 121 g/mol. The van der Waals surface area contributed by atoms with E-state index in [0.29, 0.717) is 0 Å². The van der Waals surface area contributed by atoms with Gasteiger partial charge in [-0.3, -0.25) is 0 Å². The molecular formula is CH3ClNaO3. The zero-order valence-electron chi connectivity index (χ0n) is 3.21. The quantitative estimate of drug-likeness (QED) is 0.452. The minimum atomic E-state index is -1.83. The van der Waals surface area contributed by atoms with E-state index in [2.05, 4.69) is 0 Å². The minimum absolute atomic E-state index is 0. The second-order valence-electron chi connectivity index (χ2n) is 0.283. The first-order valence-electron chi connectivity index (χ1n) is 0.651. The van der Waals surface area contributed by atoms with Gasteiger partial charge in [-0.1, -0.05) is 0 Å². The van der Waals surface area contributed by atoms with Gasteiger partial charge in [0.2, 0.25) is 0 Å². The first-order valence-corrected chi connectivity index (χ1v) is 0.651. The van der Waals surface area contributed by atoms with E-state index >= 15 is 0 Å². The maximum absolute atomic E-state index is 8.56. The van der Waals surface area contributed by atoms with E-state index in [0.717, 1.165) is 0 Å². The van der Waals surface area contributed by atoms with Gasteiger partial charge in [0.25, 0.3) is 0 Å². The van der Waals surface area contributed by atoms with E-state index in [9.17, 15) is 0 Å². The van der Waals surface area contributed by atoms with Gasteiger partial charge in [0.15, 0.2) is 0 Å². The Morgan fingerprint density at radius 1 is 1.33 bits per heavy atom. The maximum atomic E-state index is 8.56. The molecule has 0 unspecified atom stereocenters. The Labute approximate surface area is 63.1 Å². The van der Waals surface area contributed by atoms with Crippen LogP contribution in [-0.4, -0.2) is 45.9 Å². The SMILES string of the molecule is Cl.O=C(O)O.[Na]. The summed E-state index contributed by atoms with van der Waals surface area (Å²) in [6, 6.07) is 0. The Balaban J connectivity index is -0.0000000450. The molecule has 2 N–H and O–H groups in total. The summed E-state index contributed by atoms with van der Waals surface area (Å²) in [4.78, 5) is 8.56. The molecule has 0 aromatic rings. The molecule has 0 aromatic carbocycles. The molecule has 0 fully saturated rings. The second kappa shape index (κ2) is 9.12. The van der Waals surface area contributed by atoms with Crippen LogP contribution in [0.1, 0.15) is 0 Å². The average Bonchev–Trinajstić information content (AvgIpc) is 0.811. The molecule has 3 nitrogen and oxygen atoms in total. The van der Waals surface area contributed by atoms with E-state index in [4.69, 9.17) is 15.0 Å². The topological polar surface area (TPSA) is 57.5 Å². The molecule has 5 heteroatoms. The summed E-state index contributed by atoms with van der Waals surface area (Å²) in [5.41, 5.74) is 0. The summed E-state index contributed by atoms with van der Waals surface area (Å²) >= 11 is 0. The maximum Gasteiger partial charge on any atom is 0.503 e. The van der Waals surface area contributed by atoms with Gasteiger partial charge in [-0.2, -0.15) is 0 Å². The molecule has 0 aliphatic heterocycles. The van der Waals surface area contributed by atoms with Crippen LogP contribution in [0, 0.1) is 0 Å². The number of carboxylic acid groups (broad SMARTS) is 2. The third kappa shape index (κ3) is 184. The smallest absolute Gasteiger partial charge is 0.450 e. The van der Waals surface area contributed by atoms with Crippen molar-refractivity contribution in [3.63, 3.8) is 0 Å². The Bertz CT molecular complexity index is 33.8. The molecule has 0 aliphatic carbocycles. The fourth-order valence-corrected chi connectivity index (χ4v) is 0. The molecule has 0 bridgehead atoms. The van der Waals surface area contributed by atoms with E-state index in [1.807, 2.05) is 0 Å². The predicted molar refractivity (Wildman–Crippen MR) is 23.7 cm³/mol. The zero-order valence-corrected chi connectivity index (χ0v) is 6.03. The standard InChI is InChI=1S/CH2O3.ClH.Na/c2-1(3)4;;/h(H2,2,3,4);1H;. The molecule has 33 valence electrons. The normalized spacial score (nSPS) is 4.00. The Morgan fingerprint density at radius 3 is 1.33 bits per heavy atom. The largest absolute Gasteiger partial charge is 0.503 e. The van der Waals surface area contributed by atoms with Crippen molar-refractivity contribution in [3.8, 4) is 0 Å². The molecule has 6 heavy (non-hydrogen) atoms. The van der Waals surface area contributed by atoms with Crippen LogP contribution in [0.25, 0.3) is 0 Å². The summed E-state index contributed by atoms with van der Waals surface area (Å²) in [6.45, 7) is 0. The van der Waals surface area contributed by atoms with Crippen molar-refractivity contribution in [2.45, 2.75) is 0 Å². The van der Waals surface area contributed by atoms with Crippen LogP contribution < -0.4 is 0 Å². The first-order chi connectivity index (χ1) is 1.73. The van der Waals surface area contributed by atoms with Crippen molar-refractivity contribution in [1.82, 2.24) is 0 Å². The number of halogens is 1. The molecule has 0 atom stereocenters. The van der Waals surface area contributed by atoms with Crippen molar-refractivity contribution >= 4 is 48.1 Å². The van der Waals surface area contributed by atoms with E-state index < -0.39 is 6.16 Å². The zero-order chi connectivity index (χ0) is 3.58. The fraction of sp³-hybridized carbons (Fsp3) is 0. The van der Waals surface area contributed by atoms with Crippen LogP contribution in [0.3, 0.4) is 0 Å². The van der Waals surface area contributed by atoms with Crippen LogP contribution in [0.4, 0.5) is 4.79 Å². The van der Waals surface area contributed by atoms with Gasteiger partial charge < -0.3 is 10.2 Å². The molecule has 0 spiro atoms. The van der Waals surface area contributed by atoms with Crippen LogP contribution in [0.15, 0.2) is 0 Å². The van der Waals surface area contributed by atoms with E-state index in [1.54, 1.807) is 0 Å². The van der Waals surface area contributed by atoms with Gasteiger partial charge in [-0.05, 0) is 0 Å². The Kier molecular flexibility index (Phi) is 24.3. The molecule has 0 saturated carbocycles. The molecule has 0 aliphatic rings. The summed E-state index contributed by atoms with van der Waals surface area (Å²) in [5, 5.41) is 13.9. The summed E-state index contributed by atoms with van der Waals surface area (Å²) in [7, 11) is 0. The van der Waals surface area contributed by atoms with Gasteiger partial charge in [0.05, 0.1) is 0 Å². The Morgan fingerprint density at radius 2 is 1.33 bits per heavy atom. The van der Waals surface area contributed by atoms with Crippen LogP contribution in [-0.2, 0) is 0 Å². The fourth-order valence-electron chi connectivity index (χ4n) is 0. The first kappa shape index (κ1) is 16.0. The Hall–Kier alpha value is 0.560. The molecule has 0 aromatic heterocycles. The van der Waals surface area contributed by atoms with Crippen molar-refractivity contribution < 1.29 is 15.0 Å². The van der Waals surface area contributed by atoms with Gasteiger partial charge in [-0.15, -0.1) is 12.4 Å². The molecule has 0 rings (SSSR count). The van der Waals surface area contributed by atoms with Crippen molar-refractivity contribution in [1.29, 1.82) is 0 Å². The third-order valence-corrected chi connectivity index (χ3v) is 0. The number of hydrogen-bond donors (Lipinski definition) is 2. The third-order valence-electron chi connectivity index (χ3n) is 0. The van der Waals surface area contributed by atoms with Gasteiger partial charge in [0.1, 0.15) is 0 Å². The number of carbonyl (C=O) groups is 1. The van der Waals surface area contributed by atoms with E-state index in [-0.39, 0.29) is 42.0 Å². The number of rotatable bonds is 0. The van der Waals surface area contributed by atoms with Gasteiger partial charge in [0, 0.05) is 29.6 Å². The predicted octanol–water partition coefficient (Wildman–Crippen LogP) is 0.263. The van der Waals surface area contributed by atoms with Gasteiger partial charge >= 0.3 is 6.16 Å². The van der Waals surface area contributed by atoms with Gasteiger partial charge in [-0.25, -0.2) is 4.79 Å². The van der Waals surface area contributed by atoms with Crippen LogP contribution in [0.5, 0.6) is 0 Å². The summed E-state index contributed by atoms with van der Waals surface area (Å²) < 4.78 is 0. The molecule has 0 saturated heterocycles. The van der Waals surface area contributed by atoms with E-state index in [1.165, 1.54) is 0 Å². The minimum Gasteiger partial charge on any atom is -0.450 e. The van der Waals surface area contributed by atoms with Crippen molar-refractivity contribution in [3.05, 3.63) is 0 Å². The summed E-state index contributed by atoms with van der Waals surface area (Å²) in [6.07, 6.45) is -1.83. The molecule has 0 heterocycles. The van der Waals surface area contributed by atoms with Crippen LogP contribution in [0.2, 0.25) is 0 Å². The number of hydrogen-bond acceptors (Lipinski definition) is 1. The van der Waals surface area contributed by atoms with Crippen LogP contribution >= 0.6 is 12.4 Å². The monoisotopic (exact) mass is 121 g/mol. The molecular weight excluding hydrogens is 118 g/mol. The second-order valence-corrected chi connectivity index (χ2v) is 0.283.